The fraction of sp³-hybridized carbons (Fsp3) is 0.0833. The van der Waals surface area contributed by atoms with Gasteiger partial charge in [-0.15, -0.1) is 11.3 Å². The summed E-state index contributed by atoms with van der Waals surface area (Å²) in [6.07, 6.45) is 0. The normalized spacial score (nSPS) is 11.3. The molecule has 2 aliphatic rings. The molecule has 0 fully saturated rings. The van der Waals surface area contributed by atoms with E-state index < -0.39 is 0 Å². The molecule has 0 radical (unpaired) electrons. The molecule has 148 valence electrons. The maximum atomic E-state index is 13.9. The van der Waals surface area contributed by atoms with Gasteiger partial charge in [0.15, 0.2) is 0 Å². The highest BCUT2D eigenvalue weighted by atomic mass is 32.1. The van der Waals surface area contributed by atoms with Crippen LogP contribution in [0.5, 0.6) is 5.75 Å². The lowest BCUT2D eigenvalue weighted by molar-refractivity contribution is 0.416. The number of anilines is 2. The summed E-state index contributed by atoms with van der Waals surface area (Å²) in [5.74, 6) is 0.440. The lowest BCUT2D eigenvalue weighted by Crippen LogP contribution is -2.00. The van der Waals surface area contributed by atoms with Gasteiger partial charge in [0.25, 0.3) is 0 Å². The van der Waals surface area contributed by atoms with Crippen molar-refractivity contribution in [1.29, 1.82) is 0 Å². The zero-order chi connectivity index (χ0) is 20.8. The molecule has 3 aromatic rings. The summed E-state index contributed by atoms with van der Waals surface area (Å²) in [5.41, 5.74) is 4.31. The molecule has 3 aromatic carbocycles. The van der Waals surface area contributed by atoms with Crippen LogP contribution in [0.3, 0.4) is 0 Å². The minimum absolute atomic E-state index is 0.283. The maximum Gasteiger partial charge on any atom is 0.142 e. The minimum atomic E-state index is -0.283. The van der Waals surface area contributed by atoms with E-state index >= 15 is 0 Å². The highest BCUT2D eigenvalue weighted by Crippen LogP contribution is 2.44. The Morgan fingerprint density at radius 1 is 1.03 bits per heavy atom. The number of aryl methyl sites for hydroxylation is 1. The Kier molecular flexibility index (Phi) is 4.60. The summed E-state index contributed by atoms with van der Waals surface area (Å²) in [7, 11) is 1.64. The molecule has 0 unspecified atom stereocenters. The predicted octanol–water partition coefficient (Wildman–Crippen LogP) is 7.48. The van der Waals surface area contributed by atoms with Gasteiger partial charge in [-0.25, -0.2) is 9.37 Å². The summed E-state index contributed by atoms with van der Waals surface area (Å²) in [6, 6.07) is 18.6. The van der Waals surface area contributed by atoms with Crippen LogP contribution in [0.4, 0.5) is 15.8 Å². The van der Waals surface area contributed by atoms with E-state index in [1.54, 1.807) is 13.2 Å². The Balaban J connectivity index is 1.87. The molecule has 0 atom stereocenters. The van der Waals surface area contributed by atoms with Crippen molar-refractivity contribution < 1.29 is 9.13 Å². The second kappa shape index (κ2) is 7.31. The van der Waals surface area contributed by atoms with Crippen molar-refractivity contribution in [2.24, 2.45) is 0 Å². The standard InChI is InChI=1S/C24H17FN2OS2/c1-13-7-10-19(28-2)18(11-13)27-22-23(29)16-6-4-3-5-15(16)21-24(22)30-20-12-14(25)8-9-17(20)26-21/h3-12,27H,1-2H3. The quantitative estimate of drug-likeness (QED) is 0.182. The summed E-state index contributed by atoms with van der Waals surface area (Å²) < 4.78 is 20.9. The van der Waals surface area contributed by atoms with Crippen LogP contribution in [0.15, 0.2) is 60.7 Å². The van der Waals surface area contributed by atoms with Crippen LogP contribution < -0.4 is 10.1 Å². The number of hydrogen-bond acceptors (Lipinski definition) is 5. The van der Waals surface area contributed by atoms with Crippen molar-refractivity contribution in [2.75, 3.05) is 12.4 Å². The van der Waals surface area contributed by atoms with Crippen LogP contribution in [0, 0.1) is 17.3 Å². The average Bonchev–Trinajstić information content (AvgIpc) is 2.75. The molecule has 30 heavy (non-hydrogen) atoms. The van der Waals surface area contributed by atoms with Crippen molar-refractivity contribution in [3.05, 3.63) is 76.6 Å². The van der Waals surface area contributed by atoms with Gasteiger partial charge in [0.05, 0.1) is 43.8 Å². The molecular formula is C24H17FN2OS2. The second-order valence-corrected chi connectivity index (χ2v) is 8.54. The Morgan fingerprint density at radius 3 is 2.63 bits per heavy atom. The van der Waals surface area contributed by atoms with Gasteiger partial charge < -0.3 is 10.1 Å². The van der Waals surface area contributed by atoms with E-state index in [1.807, 2.05) is 49.4 Å². The van der Waals surface area contributed by atoms with Crippen molar-refractivity contribution in [3.8, 4) is 16.3 Å². The van der Waals surface area contributed by atoms with Gasteiger partial charge in [0.2, 0.25) is 0 Å². The molecule has 1 heterocycles. The molecule has 6 heteroatoms. The topological polar surface area (TPSA) is 34.1 Å². The first-order valence-electron chi connectivity index (χ1n) is 9.41. The van der Waals surface area contributed by atoms with Gasteiger partial charge in [0.1, 0.15) is 11.6 Å². The van der Waals surface area contributed by atoms with Crippen molar-refractivity contribution in [3.63, 3.8) is 0 Å². The highest BCUT2D eigenvalue weighted by Gasteiger charge is 2.20. The first kappa shape index (κ1) is 18.9. The molecule has 1 N–H and O–H groups in total. The Labute approximate surface area is 182 Å². The number of methoxy groups -OCH3 is 1. The Morgan fingerprint density at radius 2 is 1.83 bits per heavy atom. The second-order valence-electron chi connectivity index (χ2n) is 7.08. The fourth-order valence-corrected chi connectivity index (χ4v) is 5.15. The molecule has 0 spiro atoms. The van der Waals surface area contributed by atoms with Crippen LogP contribution in [0.2, 0.25) is 0 Å². The molecule has 3 nitrogen and oxygen atoms in total. The Bertz CT molecular complexity index is 1460. The van der Waals surface area contributed by atoms with E-state index in [9.17, 15) is 4.39 Å². The fourth-order valence-electron chi connectivity index (χ4n) is 3.64. The molecule has 0 amide bonds. The van der Waals surface area contributed by atoms with E-state index in [1.165, 1.54) is 23.5 Å². The first-order chi connectivity index (χ1) is 14.5. The smallest absolute Gasteiger partial charge is 0.142 e. The third-order valence-electron chi connectivity index (χ3n) is 5.08. The first-order valence-corrected chi connectivity index (χ1v) is 10.6. The third kappa shape index (κ3) is 3.09. The van der Waals surface area contributed by atoms with E-state index in [0.29, 0.717) is 4.51 Å². The number of aromatic nitrogens is 1. The number of benzene rings is 4. The summed E-state index contributed by atoms with van der Waals surface area (Å²) in [6.45, 7) is 2.03. The zero-order valence-electron chi connectivity index (χ0n) is 16.3. The van der Waals surface area contributed by atoms with E-state index in [-0.39, 0.29) is 5.82 Å². The van der Waals surface area contributed by atoms with Crippen molar-refractivity contribution >= 4 is 55.9 Å². The number of ether oxygens (including phenoxy) is 1. The van der Waals surface area contributed by atoms with Gasteiger partial charge >= 0.3 is 0 Å². The number of hydrogen-bond donors (Lipinski definition) is 1. The number of nitrogens with zero attached hydrogens (tertiary/aromatic N) is 1. The van der Waals surface area contributed by atoms with Gasteiger partial charge in [-0.2, -0.15) is 0 Å². The molecule has 1 aliphatic carbocycles. The lowest BCUT2D eigenvalue weighted by atomic mass is 10.0. The average molecular weight is 433 g/mol. The summed E-state index contributed by atoms with van der Waals surface area (Å²) >= 11 is 7.37. The predicted molar refractivity (Wildman–Crippen MR) is 126 cm³/mol. The SMILES string of the molecule is COc1ccc(C)cc1Nc1c2sc3cc(F)ccc3nc-2c2ccccc2c1=S. The van der Waals surface area contributed by atoms with E-state index in [2.05, 4.69) is 5.32 Å². The monoisotopic (exact) mass is 432 g/mol. The molecule has 0 saturated carbocycles. The number of rotatable bonds is 3. The van der Waals surface area contributed by atoms with Crippen molar-refractivity contribution in [2.45, 2.75) is 6.92 Å². The molecule has 5 rings (SSSR count). The molecule has 0 bridgehead atoms. The van der Waals surface area contributed by atoms with E-state index in [0.717, 1.165) is 54.2 Å². The minimum Gasteiger partial charge on any atom is -0.495 e. The summed E-state index contributed by atoms with van der Waals surface area (Å²) in [4.78, 5) is 5.77. The molecule has 1 aliphatic heterocycles. The number of halogens is 1. The highest BCUT2D eigenvalue weighted by molar-refractivity contribution is 7.72. The van der Waals surface area contributed by atoms with Crippen LogP contribution in [-0.4, -0.2) is 12.1 Å². The van der Waals surface area contributed by atoms with E-state index in [4.69, 9.17) is 21.9 Å². The van der Waals surface area contributed by atoms with Crippen LogP contribution in [-0.2, 0) is 0 Å². The third-order valence-corrected chi connectivity index (χ3v) is 6.65. The zero-order valence-corrected chi connectivity index (χ0v) is 18.0. The van der Waals surface area contributed by atoms with Crippen molar-refractivity contribution in [1.82, 2.24) is 4.98 Å². The van der Waals surface area contributed by atoms with Gasteiger partial charge in [0, 0.05) is 10.8 Å². The number of nitrogens with one attached hydrogen (secondary N) is 1. The summed E-state index contributed by atoms with van der Waals surface area (Å²) in [5, 5.41) is 5.44. The number of fused-ring (bicyclic) bond motifs is 4. The van der Waals surface area contributed by atoms with Crippen LogP contribution >= 0.6 is 23.6 Å². The molecule has 0 aromatic heterocycles. The molecular weight excluding hydrogens is 415 g/mol. The van der Waals surface area contributed by atoms with Gasteiger partial charge in [-0.1, -0.05) is 42.5 Å². The largest absolute Gasteiger partial charge is 0.495 e. The Hall–Kier alpha value is -3.09. The molecule has 0 saturated heterocycles. The van der Waals surface area contributed by atoms with Gasteiger partial charge in [-0.3, -0.25) is 0 Å². The lowest BCUT2D eigenvalue weighted by Gasteiger charge is -2.18. The maximum absolute atomic E-state index is 13.9. The van der Waals surface area contributed by atoms with Crippen LogP contribution in [0.1, 0.15) is 5.56 Å². The van der Waals surface area contributed by atoms with Crippen LogP contribution in [0.25, 0.3) is 31.6 Å². The van der Waals surface area contributed by atoms with Gasteiger partial charge in [-0.05, 0) is 42.8 Å².